The highest BCUT2D eigenvalue weighted by Crippen LogP contribution is 2.25. The van der Waals surface area contributed by atoms with E-state index in [1.807, 2.05) is 35.7 Å². The van der Waals surface area contributed by atoms with Crippen LogP contribution in [-0.4, -0.2) is 22.5 Å². The molecule has 0 saturated carbocycles. The number of hydrogen-bond donors (Lipinski definition) is 1. The van der Waals surface area contributed by atoms with Crippen molar-refractivity contribution in [2.24, 2.45) is 0 Å². The molecule has 0 fully saturated rings. The van der Waals surface area contributed by atoms with Crippen molar-refractivity contribution in [1.82, 2.24) is 9.97 Å². The Kier molecular flexibility index (Phi) is 4.29. The summed E-state index contributed by atoms with van der Waals surface area (Å²) in [7, 11) is 0. The van der Waals surface area contributed by atoms with Gasteiger partial charge in [0.2, 0.25) is 5.88 Å². The molecule has 22 heavy (non-hydrogen) atoms. The molecule has 112 valence electrons. The fraction of sp³-hybridized carbons (Fsp3) is 0.188. The number of nitrogens with zero attached hydrogens (tertiary/aromatic N) is 2. The molecule has 0 radical (unpaired) electrons. The molecule has 1 amide bonds. The van der Waals surface area contributed by atoms with E-state index in [-0.39, 0.29) is 12.5 Å². The van der Waals surface area contributed by atoms with Crippen molar-refractivity contribution in [3.8, 4) is 5.88 Å². The van der Waals surface area contributed by atoms with Gasteiger partial charge in [0.05, 0.1) is 5.39 Å². The number of nitrogens with one attached hydrogen (secondary N) is 1. The van der Waals surface area contributed by atoms with Crippen LogP contribution in [0, 0.1) is 0 Å². The number of aromatic nitrogens is 2. The average molecular weight is 313 g/mol. The molecule has 0 unspecified atom stereocenters. The molecule has 3 aromatic rings. The zero-order valence-electron chi connectivity index (χ0n) is 12.1. The smallest absolute Gasteiger partial charge is 0.262 e. The van der Waals surface area contributed by atoms with Crippen LogP contribution in [0.2, 0.25) is 0 Å². The topological polar surface area (TPSA) is 64.1 Å². The summed E-state index contributed by atoms with van der Waals surface area (Å²) in [5, 5.41) is 5.57. The summed E-state index contributed by atoms with van der Waals surface area (Å²) < 4.78 is 5.51. The maximum atomic E-state index is 12.0. The van der Waals surface area contributed by atoms with E-state index in [2.05, 4.69) is 22.2 Å². The first-order valence-corrected chi connectivity index (χ1v) is 7.84. The molecule has 3 rings (SSSR count). The number of ether oxygens (including phenoxy) is 1. The van der Waals surface area contributed by atoms with E-state index in [4.69, 9.17) is 4.74 Å². The van der Waals surface area contributed by atoms with Crippen molar-refractivity contribution in [1.29, 1.82) is 0 Å². The van der Waals surface area contributed by atoms with Gasteiger partial charge in [-0.05, 0) is 35.6 Å². The number of anilines is 1. The summed E-state index contributed by atoms with van der Waals surface area (Å²) in [6, 6.07) is 9.66. The standard InChI is InChI=1S/C16H15N3O2S/c1-2-11-4-3-5-12(8-11)19-14(20)9-21-15-13-6-7-22-16(13)18-10-17-15/h3-8,10H,2,9H2,1H3,(H,19,20). The minimum absolute atomic E-state index is 0.0850. The number of benzene rings is 1. The van der Waals surface area contributed by atoms with E-state index in [9.17, 15) is 4.79 Å². The van der Waals surface area contributed by atoms with Crippen molar-refractivity contribution in [3.63, 3.8) is 0 Å². The molecule has 1 aromatic carbocycles. The predicted octanol–water partition coefficient (Wildman–Crippen LogP) is 3.27. The van der Waals surface area contributed by atoms with E-state index in [1.165, 1.54) is 23.2 Å². The normalized spacial score (nSPS) is 10.6. The van der Waals surface area contributed by atoms with Gasteiger partial charge in [0, 0.05) is 5.69 Å². The van der Waals surface area contributed by atoms with Crippen molar-refractivity contribution < 1.29 is 9.53 Å². The Morgan fingerprint density at radius 3 is 3.09 bits per heavy atom. The number of hydrogen-bond acceptors (Lipinski definition) is 5. The molecule has 1 N–H and O–H groups in total. The first-order valence-electron chi connectivity index (χ1n) is 6.96. The number of amides is 1. The van der Waals surface area contributed by atoms with Crippen molar-refractivity contribution in [2.75, 3.05) is 11.9 Å². The third kappa shape index (κ3) is 3.23. The fourth-order valence-corrected chi connectivity index (χ4v) is 2.81. The van der Waals surface area contributed by atoms with E-state index < -0.39 is 0 Å². The zero-order valence-corrected chi connectivity index (χ0v) is 12.9. The number of carbonyl (C=O) groups is 1. The molecule has 0 aliphatic carbocycles. The summed E-state index contributed by atoms with van der Waals surface area (Å²) >= 11 is 1.51. The Labute approximate surface area is 132 Å². The van der Waals surface area contributed by atoms with Gasteiger partial charge in [-0.1, -0.05) is 19.1 Å². The van der Waals surface area contributed by atoms with Crippen molar-refractivity contribution >= 4 is 33.1 Å². The molecule has 0 aliphatic rings. The van der Waals surface area contributed by atoms with Gasteiger partial charge in [0.1, 0.15) is 11.2 Å². The average Bonchev–Trinajstić information content (AvgIpc) is 3.02. The first kappa shape index (κ1) is 14.5. The number of thiophene rings is 1. The maximum Gasteiger partial charge on any atom is 0.262 e. The molecule has 6 heteroatoms. The van der Waals surface area contributed by atoms with Crippen LogP contribution in [0.25, 0.3) is 10.2 Å². The van der Waals surface area contributed by atoms with Gasteiger partial charge >= 0.3 is 0 Å². The third-order valence-corrected chi connectivity index (χ3v) is 4.00. The summed E-state index contributed by atoms with van der Waals surface area (Å²) in [4.78, 5) is 21.1. The number of rotatable bonds is 5. The highest BCUT2D eigenvalue weighted by molar-refractivity contribution is 7.16. The number of fused-ring (bicyclic) bond motifs is 1. The van der Waals surface area contributed by atoms with Crippen LogP contribution in [0.1, 0.15) is 12.5 Å². The number of aryl methyl sites for hydroxylation is 1. The largest absolute Gasteiger partial charge is 0.467 e. The van der Waals surface area contributed by atoms with Gasteiger partial charge in [0.15, 0.2) is 6.61 Å². The minimum Gasteiger partial charge on any atom is -0.467 e. The lowest BCUT2D eigenvalue weighted by Gasteiger charge is -2.08. The van der Waals surface area contributed by atoms with Crippen LogP contribution in [0.3, 0.4) is 0 Å². The molecule has 2 heterocycles. The summed E-state index contributed by atoms with van der Waals surface area (Å²) in [6.07, 6.45) is 2.37. The SMILES string of the molecule is CCc1cccc(NC(=O)COc2ncnc3sccc23)c1. The zero-order chi connectivity index (χ0) is 15.4. The van der Waals surface area contributed by atoms with Crippen molar-refractivity contribution in [3.05, 3.63) is 47.6 Å². The Morgan fingerprint density at radius 2 is 2.23 bits per heavy atom. The van der Waals surface area contributed by atoms with Gasteiger partial charge in [-0.3, -0.25) is 4.79 Å². The molecule has 0 aliphatic heterocycles. The van der Waals surface area contributed by atoms with Gasteiger partial charge in [0.25, 0.3) is 5.91 Å². The van der Waals surface area contributed by atoms with Crippen LogP contribution < -0.4 is 10.1 Å². The molecule has 0 spiro atoms. The molecule has 0 atom stereocenters. The maximum absolute atomic E-state index is 12.0. The number of carbonyl (C=O) groups excluding carboxylic acids is 1. The molecule has 5 nitrogen and oxygen atoms in total. The Hall–Kier alpha value is -2.47. The van der Waals surface area contributed by atoms with Crippen LogP contribution in [0.15, 0.2) is 42.0 Å². The molecule has 0 bridgehead atoms. The first-order chi connectivity index (χ1) is 10.8. The third-order valence-electron chi connectivity index (χ3n) is 3.18. The lowest BCUT2D eigenvalue weighted by atomic mass is 10.1. The molecular formula is C16H15N3O2S. The van der Waals surface area contributed by atoms with Crippen molar-refractivity contribution in [2.45, 2.75) is 13.3 Å². The van der Waals surface area contributed by atoms with E-state index in [0.717, 1.165) is 22.3 Å². The highest BCUT2D eigenvalue weighted by Gasteiger charge is 2.09. The second kappa shape index (κ2) is 6.53. The fourth-order valence-electron chi connectivity index (χ4n) is 2.08. The summed E-state index contributed by atoms with van der Waals surface area (Å²) in [5.41, 5.74) is 1.95. The quantitative estimate of drug-likeness (QED) is 0.785. The molecular weight excluding hydrogens is 298 g/mol. The lowest BCUT2D eigenvalue weighted by molar-refractivity contribution is -0.118. The second-order valence-electron chi connectivity index (χ2n) is 4.71. The second-order valence-corrected chi connectivity index (χ2v) is 5.60. The van der Waals surface area contributed by atoms with Crippen LogP contribution >= 0.6 is 11.3 Å². The van der Waals surface area contributed by atoms with Crippen LogP contribution in [-0.2, 0) is 11.2 Å². The Balaban J connectivity index is 1.63. The van der Waals surface area contributed by atoms with E-state index in [1.54, 1.807) is 0 Å². The van der Waals surface area contributed by atoms with Gasteiger partial charge in [-0.2, -0.15) is 0 Å². The highest BCUT2D eigenvalue weighted by atomic mass is 32.1. The Morgan fingerprint density at radius 1 is 1.32 bits per heavy atom. The minimum atomic E-state index is -0.213. The van der Waals surface area contributed by atoms with Gasteiger partial charge in [-0.15, -0.1) is 11.3 Å². The van der Waals surface area contributed by atoms with Crippen LogP contribution in [0.4, 0.5) is 5.69 Å². The van der Waals surface area contributed by atoms with Gasteiger partial charge in [-0.25, -0.2) is 9.97 Å². The van der Waals surface area contributed by atoms with Gasteiger partial charge < -0.3 is 10.1 Å². The predicted molar refractivity (Wildman–Crippen MR) is 87.4 cm³/mol. The molecule has 0 saturated heterocycles. The Bertz CT molecular complexity index is 801. The van der Waals surface area contributed by atoms with E-state index in [0.29, 0.717) is 5.88 Å². The summed E-state index contributed by atoms with van der Waals surface area (Å²) in [6.45, 7) is 1.99. The monoisotopic (exact) mass is 313 g/mol. The summed E-state index contributed by atoms with van der Waals surface area (Å²) in [5.74, 6) is 0.221. The van der Waals surface area contributed by atoms with Crippen LogP contribution in [0.5, 0.6) is 5.88 Å². The lowest BCUT2D eigenvalue weighted by Crippen LogP contribution is -2.20. The molecule has 2 aromatic heterocycles. The van der Waals surface area contributed by atoms with E-state index >= 15 is 0 Å².